The van der Waals surface area contributed by atoms with Gasteiger partial charge in [-0.2, -0.15) is 0 Å². The average molecular weight is 319 g/mol. The maximum Gasteiger partial charge on any atom is 0.673 e. The van der Waals surface area contributed by atoms with Crippen LogP contribution in [0.25, 0.3) is 0 Å². The molecule has 0 N–H and O–H groups in total. The molecule has 0 atom stereocenters. The molecule has 0 saturated heterocycles. The first-order valence-electron chi connectivity index (χ1n) is 2.62. The van der Waals surface area contributed by atoms with Gasteiger partial charge >= 0.3 is 21.8 Å². The van der Waals surface area contributed by atoms with Gasteiger partial charge in [-0.3, -0.25) is 0 Å². The van der Waals surface area contributed by atoms with Gasteiger partial charge in [0.25, 0.3) is 0 Å². The third-order valence-electron chi connectivity index (χ3n) is 0. The zero-order chi connectivity index (χ0) is 13.5. The third-order valence-corrected chi connectivity index (χ3v) is 0. The molecule has 0 amide bonds. The Kier molecular flexibility index (Phi) is 13.9. The fraction of sp³-hybridized carbons (Fsp3) is 0. The molecule has 0 saturated carbocycles. The molecule has 0 aliphatic heterocycles. The van der Waals surface area contributed by atoms with Gasteiger partial charge in [-0.25, -0.2) is 0 Å². The number of rotatable bonds is 0. The quantitative estimate of drug-likeness (QED) is 0.469. The molecular formula is B3F12Ni-3. The van der Waals surface area contributed by atoms with E-state index < -0.39 is 21.8 Å². The largest absolute Gasteiger partial charge is 0.673 e. The minimum absolute atomic E-state index is 0. The Hall–Kier alpha value is -0.152. The van der Waals surface area contributed by atoms with E-state index in [1.807, 2.05) is 0 Å². The van der Waals surface area contributed by atoms with Crippen LogP contribution in [-0.2, 0) is 16.5 Å². The van der Waals surface area contributed by atoms with Crippen LogP contribution in [-0.4, -0.2) is 21.8 Å². The van der Waals surface area contributed by atoms with Gasteiger partial charge in [0.05, 0.1) is 0 Å². The van der Waals surface area contributed by atoms with E-state index in [9.17, 15) is 51.8 Å². The summed E-state index contributed by atoms with van der Waals surface area (Å²) in [7, 11) is -18.0. The molecule has 0 nitrogen and oxygen atoms in total. The smallest absolute Gasteiger partial charge is 0.418 e. The molecule has 0 aliphatic carbocycles. The monoisotopic (exact) mass is 319 g/mol. The molecule has 16 heavy (non-hydrogen) atoms. The number of hydrogen-bond donors (Lipinski definition) is 0. The van der Waals surface area contributed by atoms with Crippen molar-refractivity contribution in [3.05, 3.63) is 0 Å². The van der Waals surface area contributed by atoms with Crippen LogP contribution in [0.3, 0.4) is 0 Å². The summed E-state index contributed by atoms with van der Waals surface area (Å²) in [5.74, 6) is 0. The number of halogens is 12. The van der Waals surface area contributed by atoms with Crippen molar-refractivity contribution in [2.45, 2.75) is 0 Å². The molecule has 16 heteroatoms. The summed E-state index contributed by atoms with van der Waals surface area (Å²) in [6, 6.07) is 0. The van der Waals surface area contributed by atoms with Crippen molar-refractivity contribution in [2.24, 2.45) is 0 Å². The third kappa shape index (κ3) is 99400. The van der Waals surface area contributed by atoms with Gasteiger partial charge in [0, 0.05) is 16.5 Å². The van der Waals surface area contributed by atoms with Gasteiger partial charge in [-0.1, -0.05) is 0 Å². The predicted molar refractivity (Wildman–Crippen MR) is 30.6 cm³/mol. The molecule has 0 spiro atoms. The first-order valence-corrected chi connectivity index (χ1v) is 2.62. The Morgan fingerprint density at radius 1 is 0.312 bits per heavy atom. The molecular weight excluding hydrogens is 319 g/mol. The second-order valence-corrected chi connectivity index (χ2v) is 1.48. The van der Waals surface area contributed by atoms with Crippen LogP contribution in [0.2, 0.25) is 0 Å². The van der Waals surface area contributed by atoms with E-state index in [0.29, 0.717) is 0 Å². The standard InChI is InChI=1S/3BF4.Ni/c3*2-1(3,4)5;/q3*-1;. The van der Waals surface area contributed by atoms with Crippen molar-refractivity contribution in [1.82, 2.24) is 0 Å². The molecule has 0 fully saturated rings. The van der Waals surface area contributed by atoms with Gasteiger partial charge in [0.1, 0.15) is 0 Å². The van der Waals surface area contributed by atoms with Crippen molar-refractivity contribution in [2.75, 3.05) is 0 Å². The van der Waals surface area contributed by atoms with E-state index >= 15 is 0 Å². The summed E-state index contributed by atoms with van der Waals surface area (Å²) in [5, 5.41) is 0. The maximum absolute atomic E-state index is 9.75. The Bertz CT molecular complexity index is 91.3. The Labute approximate surface area is 91.0 Å². The molecule has 0 bridgehead atoms. The number of hydrogen-bond acceptors (Lipinski definition) is 0. The molecule has 0 rings (SSSR count). The van der Waals surface area contributed by atoms with Gasteiger partial charge < -0.3 is 51.8 Å². The molecule has 0 heterocycles. The Morgan fingerprint density at radius 3 is 0.312 bits per heavy atom. The maximum atomic E-state index is 9.75. The van der Waals surface area contributed by atoms with Gasteiger partial charge in [-0.15, -0.1) is 0 Å². The van der Waals surface area contributed by atoms with Gasteiger partial charge in [0.2, 0.25) is 0 Å². The SMILES string of the molecule is F[B-](F)(F)F.F[B-](F)(F)F.F[B-](F)(F)F.[Ni]. The average Bonchev–Trinajstić information content (AvgIpc) is 1.41. The first kappa shape index (κ1) is 24.9. The molecule has 106 valence electrons. The fourth-order valence-corrected chi connectivity index (χ4v) is 0. The predicted octanol–water partition coefficient (Wildman–Crippen LogP) is 3.90. The second kappa shape index (κ2) is 8.94. The Balaban J connectivity index is -0.0000000655. The van der Waals surface area contributed by atoms with Crippen molar-refractivity contribution in [3.63, 3.8) is 0 Å². The summed E-state index contributed by atoms with van der Waals surface area (Å²) in [4.78, 5) is 0. The molecule has 0 aromatic heterocycles. The van der Waals surface area contributed by atoms with Crippen LogP contribution >= 0.6 is 0 Å². The van der Waals surface area contributed by atoms with Crippen LogP contribution in [0.1, 0.15) is 0 Å². The van der Waals surface area contributed by atoms with E-state index in [0.717, 1.165) is 0 Å². The zero-order valence-corrected chi connectivity index (χ0v) is 7.57. The molecule has 0 radical (unpaired) electrons. The van der Waals surface area contributed by atoms with E-state index in [2.05, 4.69) is 0 Å². The van der Waals surface area contributed by atoms with E-state index in [1.165, 1.54) is 0 Å². The Morgan fingerprint density at radius 2 is 0.312 bits per heavy atom. The van der Waals surface area contributed by atoms with Crippen LogP contribution in [0, 0.1) is 0 Å². The van der Waals surface area contributed by atoms with Crippen LogP contribution < -0.4 is 0 Å². The second-order valence-electron chi connectivity index (χ2n) is 1.48. The van der Waals surface area contributed by atoms with Crippen LogP contribution in [0.5, 0.6) is 0 Å². The molecule has 0 aliphatic rings. The summed E-state index contributed by atoms with van der Waals surface area (Å²) in [5.41, 5.74) is 0. The molecule has 0 unspecified atom stereocenters. The summed E-state index contributed by atoms with van der Waals surface area (Å²) in [6.07, 6.45) is 0. The van der Waals surface area contributed by atoms with Gasteiger partial charge in [-0.05, 0) is 0 Å². The molecule has 0 aromatic carbocycles. The minimum atomic E-state index is -6.00. The first-order chi connectivity index (χ1) is 6.00. The van der Waals surface area contributed by atoms with E-state index in [1.54, 1.807) is 0 Å². The summed E-state index contributed by atoms with van der Waals surface area (Å²) in [6.45, 7) is 0. The normalized spacial score (nSPS) is 11.2. The van der Waals surface area contributed by atoms with Gasteiger partial charge in [0.15, 0.2) is 0 Å². The van der Waals surface area contributed by atoms with Crippen molar-refractivity contribution < 1.29 is 68.3 Å². The van der Waals surface area contributed by atoms with E-state index in [4.69, 9.17) is 0 Å². The minimum Gasteiger partial charge on any atom is -0.418 e. The summed E-state index contributed by atoms with van der Waals surface area (Å²) < 4.78 is 117. The topological polar surface area (TPSA) is 0 Å². The van der Waals surface area contributed by atoms with Crippen molar-refractivity contribution in [3.8, 4) is 0 Å². The summed E-state index contributed by atoms with van der Waals surface area (Å²) >= 11 is 0. The van der Waals surface area contributed by atoms with Crippen LogP contribution in [0.4, 0.5) is 51.8 Å². The van der Waals surface area contributed by atoms with Crippen molar-refractivity contribution >= 4 is 21.8 Å². The molecule has 0 aromatic rings. The van der Waals surface area contributed by atoms with E-state index in [-0.39, 0.29) is 16.5 Å². The zero-order valence-electron chi connectivity index (χ0n) is 6.58. The van der Waals surface area contributed by atoms with Crippen LogP contribution in [0.15, 0.2) is 0 Å². The fourth-order valence-electron chi connectivity index (χ4n) is 0. The van der Waals surface area contributed by atoms with Crippen molar-refractivity contribution in [1.29, 1.82) is 0 Å².